The maximum absolute atomic E-state index is 12.3. The van der Waals surface area contributed by atoms with E-state index in [1.807, 2.05) is 6.07 Å². The van der Waals surface area contributed by atoms with Crippen molar-refractivity contribution in [2.75, 3.05) is 0 Å². The molecule has 0 heterocycles. The van der Waals surface area contributed by atoms with Crippen molar-refractivity contribution >= 4 is 10.8 Å². The highest BCUT2D eigenvalue weighted by Gasteiger charge is 2.37. The van der Waals surface area contributed by atoms with E-state index in [1.165, 1.54) is 12.1 Å². The van der Waals surface area contributed by atoms with Gasteiger partial charge in [-0.25, -0.2) is 4.21 Å². The van der Waals surface area contributed by atoms with Gasteiger partial charge in [0.05, 0.1) is 0 Å². The second-order valence-electron chi connectivity index (χ2n) is 3.60. The number of alkyl halides is 3. The first kappa shape index (κ1) is 13.6. The molecule has 0 aromatic heterocycles. The highest BCUT2D eigenvalue weighted by Crippen LogP contribution is 2.28. The molecule has 2 rings (SSSR count). The van der Waals surface area contributed by atoms with Crippen molar-refractivity contribution in [2.45, 2.75) is 10.4 Å². The normalized spacial score (nSPS) is 13.0. The summed E-state index contributed by atoms with van der Waals surface area (Å²) in [6.45, 7) is 0. The molecule has 0 bridgehead atoms. The van der Waals surface area contributed by atoms with Crippen LogP contribution in [0.15, 0.2) is 59.5 Å². The summed E-state index contributed by atoms with van der Waals surface area (Å²) in [4.78, 5) is -0.298. The van der Waals surface area contributed by atoms with Crippen LogP contribution in [0.25, 0.3) is 0 Å². The van der Waals surface area contributed by atoms with E-state index in [0.29, 0.717) is 11.5 Å². The molecule has 100 valence electrons. The van der Waals surface area contributed by atoms with Gasteiger partial charge in [0, 0.05) is 4.90 Å². The molecule has 0 spiro atoms. The zero-order valence-electron chi connectivity index (χ0n) is 9.55. The molecule has 0 amide bonds. The smallest absolute Gasteiger partial charge is 0.457 e. The molecule has 0 N–H and O–H groups in total. The number of para-hydroxylation sites is 1. The van der Waals surface area contributed by atoms with E-state index >= 15 is 0 Å². The first-order chi connectivity index (χ1) is 8.97. The average Bonchev–Trinajstić information content (AvgIpc) is 2.39. The molecule has 2 aromatic carbocycles. The number of hydrogen-bond acceptors (Lipinski definition) is 2. The molecule has 1 unspecified atom stereocenters. The van der Waals surface area contributed by atoms with Gasteiger partial charge in [-0.05, 0) is 36.4 Å². The lowest BCUT2D eigenvalue weighted by molar-refractivity contribution is -0.0384. The topological polar surface area (TPSA) is 26.3 Å². The zero-order chi connectivity index (χ0) is 13.9. The van der Waals surface area contributed by atoms with Gasteiger partial charge in [-0.2, -0.15) is 13.2 Å². The van der Waals surface area contributed by atoms with Crippen molar-refractivity contribution in [3.8, 4) is 11.5 Å². The summed E-state index contributed by atoms with van der Waals surface area (Å²) >= 11 is 0. The fourth-order valence-corrected chi connectivity index (χ4v) is 2.04. The van der Waals surface area contributed by atoms with Gasteiger partial charge in [-0.3, -0.25) is 0 Å². The third kappa shape index (κ3) is 3.57. The van der Waals surface area contributed by atoms with Crippen LogP contribution in [0.3, 0.4) is 0 Å². The highest BCUT2D eigenvalue weighted by atomic mass is 32.2. The quantitative estimate of drug-likeness (QED) is 0.849. The highest BCUT2D eigenvalue weighted by molar-refractivity contribution is 7.86. The van der Waals surface area contributed by atoms with Crippen LogP contribution in [0.1, 0.15) is 0 Å². The Morgan fingerprint density at radius 1 is 0.842 bits per heavy atom. The first-order valence-electron chi connectivity index (χ1n) is 5.28. The SMILES string of the molecule is O=S(c1ccc(Oc2ccccc2)cc1)C(F)(F)F. The Morgan fingerprint density at radius 3 is 1.89 bits per heavy atom. The van der Waals surface area contributed by atoms with Crippen molar-refractivity contribution < 1.29 is 22.1 Å². The van der Waals surface area contributed by atoms with Crippen LogP contribution in [0.5, 0.6) is 11.5 Å². The summed E-state index contributed by atoms with van der Waals surface area (Å²) < 4.78 is 53.3. The Balaban J connectivity index is 2.13. The summed E-state index contributed by atoms with van der Waals surface area (Å²) in [5.74, 6) is 0.960. The van der Waals surface area contributed by atoms with Gasteiger partial charge in [0.1, 0.15) is 11.5 Å². The average molecular weight is 286 g/mol. The largest absolute Gasteiger partial charge is 0.475 e. The van der Waals surface area contributed by atoms with Crippen molar-refractivity contribution in [2.24, 2.45) is 0 Å². The van der Waals surface area contributed by atoms with E-state index < -0.39 is 16.3 Å². The molecule has 0 aliphatic heterocycles. The minimum absolute atomic E-state index is 0.298. The molecule has 0 saturated heterocycles. The lowest BCUT2D eigenvalue weighted by Crippen LogP contribution is -2.15. The molecule has 0 saturated carbocycles. The summed E-state index contributed by atoms with van der Waals surface area (Å²) in [7, 11) is -3.01. The van der Waals surface area contributed by atoms with Gasteiger partial charge in [-0.15, -0.1) is 0 Å². The number of rotatable bonds is 3. The van der Waals surface area contributed by atoms with Crippen LogP contribution in [0.2, 0.25) is 0 Å². The predicted molar refractivity (Wildman–Crippen MR) is 65.4 cm³/mol. The van der Waals surface area contributed by atoms with E-state index in [1.54, 1.807) is 24.3 Å². The van der Waals surface area contributed by atoms with Crippen LogP contribution in [0, 0.1) is 0 Å². The molecule has 0 radical (unpaired) electrons. The summed E-state index contributed by atoms with van der Waals surface area (Å²) in [5.41, 5.74) is -4.75. The summed E-state index contributed by atoms with van der Waals surface area (Å²) in [6.07, 6.45) is 0. The maximum atomic E-state index is 12.3. The Hall–Kier alpha value is -1.82. The number of benzene rings is 2. The number of hydrogen-bond donors (Lipinski definition) is 0. The third-order valence-corrected chi connectivity index (χ3v) is 3.35. The van der Waals surface area contributed by atoms with Crippen LogP contribution in [-0.2, 0) is 10.8 Å². The maximum Gasteiger partial charge on any atom is 0.475 e. The van der Waals surface area contributed by atoms with Gasteiger partial charge < -0.3 is 4.74 Å². The summed E-state index contributed by atoms with van der Waals surface area (Å²) in [5, 5.41) is 0. The van der Waals surface area contributed by atoms with Crippen LogP contribution >= 0.6 is 0 Å². The van der Waals surface area contributed by atoms with Gasteiger partial charge >= 0.3 is 5.51 Å². The molecule has 2 nitrogen and oxygen atoms in total. The lowest BCUT2D eigenvalue weighted by atomic mass is 10.3. The monoisotopic (exact) mass is 286 g/mol. The van der Waals surface area contributed by atoms with Crippen molar-refractivity contribution in [1.82, 2.24) is 0 Å². The number of halogens is 3. The van der Waals surface area contributed by atoms with Crippen molar-refractivity contribution in [3.63, 3.8) is 0 Å². The molecule has 0 aliphatic carbocycles. The molecule has 1 atom stereocenters. The molecule has 2 aromatic rings. The van der Waals surface area contributed by atoms with Crippen LogP contribution < -0.4 is 4.74 Å². The minimum atomic E-state index is -4.75. The Labute approximate surface area is 110 Å². The molecule has 0 aliphatic rings. The van der Waals surface area contributed by atoms with Crippen molar-refractivity contribution in [1.29, 1.82) is 0 Å². The van der Waals surface area contributed by atoms with E-state index in [2.05, 4.69) is 0 Å². The lowest BCUT2D eigenvalue weighted by Gasteiger charge is -2.08. The molecule has 0 fully saturated rings. The van der Waals surface area contributed by atoms with Gasteiger partial charge in [0.25, 0.3) is 0 Å². The predicted octanol–water partition coefficient (Wildman–Crippen LogP) is 4.11. The number of ether oxygens (including phenoxy) is 1. The first-order valence-corrected chi connectivity index (χ1v) is 6.43. The Kier molecular flexibility index (Phi) is 3.90. The standard InChI is InChI=1S/C13H9F3O2S/c14-13(15,16)19(17)12-8-6-11(7-9-12)18-10-4-2-1-3-5-10/h1-9H. The van der Waals surface area contributed by atoms with Crippen LogP contribution in [-0.4, -0.2) is 9.72 Å². The fraction of sp³-hybridized carbons (Fsp3) is 0.0769. The van der Waals surface area contributed by atoms with E-state index in [-0.39, 0.29) is 4.90 Å². The van der Waals surface area contributed by atoms with E-state index in [4.69, 9.17) is 4.74 Å². The summed E-state index contributed by atoms with van der Waals surface area (Å²) in [6, 6.07) is 13.8. The molecular weight excluding hydrogens is 277 g/mol. The van der Waals surface area contributed by atoms with Crippen LogP contribution in [0.4, 0.5) is 13.2 Å². The van der Waals surface area contributed by atoms with Gasteiger partial charge in [0.15, 0.2) is 10.8 Å². The third-order valence-electron chi connectivity index (χ3n) is 2.23. The minimum Gasteiger partial charge on any atom is -0.457 e. The Bertz CT molecular complexity index is 565. The van der Waals surface area contributed by atoms with E-state index in [0.717, 1.165) is 12.1 Å². The van der Waals surface area contributed by atoms with Crippen molar-refractivity contribution in [3.05, 3.63) is 54.6 Å². The Morgan fingerprint density at radius 2 is 1.37 bits per heavy atom. The molecular formula is C13H9F3O2S. The van der Waals surface area contributed by atoms with Gasteiger partial charge in [0.2, 0.25) is 0 Å². The molecule has 19 heavy (non-hydrogen) atoms. The second kappa shape index (κ2) is 5.44. The fourth-order valence-electron chi connectivity index (χ4n) is 1.39. The zero-order valence-corrected chi connectivity index (χ0v) is 10.4. The second-order valence-corrected chi connectivity index (χ2v) is 5.07. The van der Waals surface area contributed by atoms with E-state index in [9.17, 15) is 17.4 Å². The van der Waals surface area contributed by atoms with Gasteiger partial charge in [-0.1, -0.05) is 18.2 Å². The molecule has 6 heteroatoms.